The smallest absolute Gasteiger partial charge is 0.0346 e. The maximum Gasteiger partial charge on any atom is 0.0346 e. The van der Waals surface area contributed by atoms with Crippen LogP contribution in [0.4, 0.5) is 0 Å². The van der Waals surface area contributed by atoms with Crippen LogP contribution in [0.15, 0.2) is 29.6 Å². The van der Waals surface area contributed by atoms with Crippen LogP contribution >= 0.6 is 11.3 Å². The first-order valence-electron chi connectivity index (χ1n) is 6.87. The summed E-state index contributed by atoms with van der Waals surface area (Å²) in [5, 5.41) is 7.39. The Morgan fingerprint density at radius 2 is 2.06 bits per heavy atom. The summed E-state index contributed by atoms with van der Waals surface area (Å²) in [6.07, 6.45) is 2.81. The van der Waals surface area contributed by atoms with Crippen molar-refractivity contribution in [2.24, 2.45) is 11.3 Å². The lowest BCUT2D eigenvalue weighted by atomic mass is 9.92. The molecule has 1 N–H and O–H groups in total. The van der Waals surface area contributed by atoms with Crippen LogP contribution in [0.25, 0.3) is 10.1 Å². The van der Waals surface area contributed by atoms with E-state index < -0.39 is 0 Å². The van der Waals surface area contributed by atoms with Crippen LogP contribution in [0.5, 0.6) is 0 Å². The van der Waals surface area contributed by atoms with Gasteiger partial charge in [-0.3, -0.25) is 0 Å². The van der Waals surface area contributed by atoms with Crippen molar-refractivity contribution in [3.8, 4) is 0 Å². The summed E-state index contributed by atoms with van der Waals surface area (Å²) in [6.45, 7) is 6.90. The Balaban J connectivity index is 1.64. The minimum atomic E-state index is 0.603. The second kappa shape index (κ2) is 4.67. The molecule has 1 aliphatic carbocycles. The highest BCUT2D eigenvalue weighted by Gasteiger charge is 2.44. The van der Waals surface area contributed by atoms with Gasteiger partial charge in [0.1, 0.15) is 0 Å². The lowest BCUT2D eigenvalue weighted by Gasteiger charge is -2.19. The summed E-state index contributed by atoms with van der Waals surface area (Å²) in [6, 6.07) is 8.70. The van der Waals surface area contributed by atoms with E-state index in [1.54, 1.807) is 0 Å². The number of rotatable bonds is 5. The molecule has 1 nitrogen and oxygen atoms in total. The maximum atomic E-state index is 3.67. The predicted molar refractivity (Wildman–Crippen MR) is 80.0 cm³/mol. The molecule has 96 valence electrons. The van der Waals surface area contributed by atoms with E-state index in [0.29, 0.717) is 5.41 Å². The molecule has 2 heteroatoms. The third-order valence-electron chi connectivity index (χ3n) is 4.47. The standard InChI is InChI=1S/C16H21NS/c1-12(2)16(7-8-16)11-17-9-13-10-18-15-6-4-3-5-14(13)15/h3-6,10,12,17H,7-9,11H2,1-2H3. The molecule has 0 amide bonds. The van der Waals surface area contributed by atoms with Crippen LogP contribution in [0.1, 0.15) is 32.3 Å². The predicted octanol–water partition coefficient (Wildman–Crippen LogP) is 4.43. The van der Waals surface area contributed by atoms with Crippen LogP contribution in [0.3, 0.4) is 0 Å². The van der Waals surface area contributed by atoms with Crippen molar-refractivity contribution in [1.82, 2.24) is 5.32 Å². The Labute approximate surface area is 113 Å². The minimum Gasteiger partial charge on any atom is -0.312 e. The van der Waals surface area contributed by atoms with Crippen molar-refractivity contribution in [3.63, 3.8) is 0 Å². The molecule has 0 saturated heterocycles. The third-order valence-corrected chi connectivity index (χ3v) is 5.48. The molecule has 0 aliphatic heterocycles. The van der Waals surface area contributed by atoms with Crippen molar-refractivity contribution in [2.45, 2.75) is 33.2 Å². The molecule has 1 heterocycles. The molecule has 0 bridgehead atoms. The molecule has 0 atom stereocenters. The summed E-state index contributed by atoms with van der Waals surface area (Å²) >= 11 is 1.85. The number of hydrogen-bond donors (Lipinski definition) is 1. The van der Waals surface area contributed by atoms with Gasteiger partial charge in [-0.2, -0.15) is 0 Å². The summed E-state index contributed by atoms with van der Waals surface area (Å²) in [7, 11) is 0. The molecule has 1 saturated carbocycles. The van der Waals surface area contributed by atoms with Crippen LogP contribution in [0, 0.1) is 11.3 Å². The Hall–Kier alpha value is -0.860. The SMILES string of the molecule is CC(C)C1(CNCc2csc3ccccc23)CC1. The normalized spacial score (nSPS) is 17.5. The van der Waals surface area contributed by atoms with Gasteiger partial charge < -0.3 is 5.32 Å². The first-order chi connectivity index (χ1) is 8.71. The van der Waals surface area contributed by atoms with Gasteiger partial charge >= 0.3 is 0 Å². The highest BCUT2D eigenvalue weighted by molar-refractivity contribution is 7.17. The third kappa shape index (κ3) is 2.19. The molecule has 1 aliphatic rings. The van der Waals surface area contributed by atoms with E-state index in [1.165, 1.54) is 35.0 Å². The molecule has 1 aromatic heterocycles. The monoisotopic (exact) mass is 259 g/mol. The zero-order chi connectivity index (χ0) is 12.6. The zero-order valence-corrected chi connectivity index (χ0v) is 12.0. The molecule has 1 aromatic carbocycles. The van der Waals surface area contributed by atoms with Crippen molar-refractivity contribution in [1.29, 1.82) is 0 Å². The topological polar surface area (TPSA) is 12.0 Å². The van der Waals surface area contributed by atoms with E-state index in [4.69, 9.17) is 0 Å². The van der Waals surface area contributed by atoms with Crippen molar-refractivity contribution in [2.75, 3.05) is 6.54 Å². The number of fused-ring (bicyclic) bond motifs is 1. The Morgan fingerprint density at radius 3 is 2.78 bits per heavy atom. The first kappa shape index (κ1) is 12.2. The van der Waals surface area contributed by atoms with Gasteiger partial charge in [0.15, 0.2) is 0 Å². The lowest BCUT2D eigenvalue weighted by Crippen LogP contribution is -2.27. The van der Waals surface area contributed by atoms with E-state index in [2.05, 4.69) is 48.8 Å². The maximum absolute atomic E-state index is 3.67. The van der Waals surface area contributed by atoms with Gasteiger partial charge in [-0.15, -0.1) is 11.3 Å². The molecule has 3 rings (SSSR count). The Kier molecular flexibility index (Phi) is 3.16. The summed E-state index contributed by atoms with van der Waals surface area (Å²) in [5.41, 5.74) is 2.06. The van der Waals surface area contributed by atoms with Gasteiger partial charge in [0.2, 0.25) is 0 Å². The fourth-order valence-corrected chi connectivity index (χ4v) is 3.70. The van der Waals surface area contributed by atoms with Gasteiger partial charge in [-0.1, -0.05) is 32.0 Å². The number of benzene rings is 1. The molecule has 1 fully saturated rings. The largest absolute Gasteiger partial charge is 0.312 e. The van der Waals surface area contributed by atoms with E-state index in [1.807, 2.05) is 11.3 Å². The summed E-state index contributed by atoms with van der Waals surface area (Å²) in [4.78, 5) is 0. The van der Waals surface area contributed by atoms with E-state index in [9.17, 15) is 0 Å². The van der Waals surface area contributed by atoms with Gasteiger partial charge in [0.05, 0.1) is 0 Å². The summed E-state index contributed by atoms with van der Waals surface area (Å²) in [5.74, 6) is 0.809. The van der Waals surface area contributed by atoms with Crippen LogP contribution < -0.4 is 5.32 Å². The fraction of sp³-hybridized carbons (Fsp3) is 0.500. The number of nitrogens with one attached hydrogen (secondary N) is 1. The molecule has 2 aromatic rings. The highest BCUT2D eigenvalue weighted by Crippen LogP contribution is 2.51. The molecular formula is C16H21NS. The average molecular weight is 259 g/mol. The molecular weight excluding hydrogens is 238 g/mol. The van der Waals surface area contributed by atoms with E-state index in [0.717, 1.165) is 12.5 Å². The lowest BCUT2D eigenvalue weighted by molar-refractivity contribution is 0.338. The highest BCUT2D eigenvalue weighted by atomic mass is 32.1. The first-order valence-corrected chi connectivity index (χ1v) is 7.75. The second-order valence-corrected chi connectivity index (χ2v) is 6.79. The average Bonchev–Trinajstić information content (AvgIpc) is 3.06. The van der Waals surface area contributed by atoms with Gasteiger partial charge in [0.25, 0.3) is 0 Å². The molecule has 0 radical (unpaired) electrons. The van der Waals surface area contributed by atoms with Crippen LogP contribution in [-0.4, -0.2) is 6.54 Å². The number of thiophene rings is 1. The van der Waals surface area contributed by atoms with Gasteiger partial charge in [0, 0.05) is 17.8 Å². The minimum absolute atomic E-state index is 0.603. The van der Waals surface area contributed by atoms with Crippen LogP contribution in [-0.2, 0) is 6.54 Å². The van der Waals surface area contributed by atoms with Crippen molar-refractivity contribution < 1.29 is 0 Å². The second-order valence-electron chi connectivity index (χ2n) is 5.88. The molecule has 0 unspecified atom stereocenters. The van der Waals surface area contributed by atoms with Crippen LogP contribution in [0.2, 0.25) is 0 Å². The molecule has 0 spiro atoms. The Bertz CT molecular complexity index is 537. The number of hydrogen-bond acceptors (Lipinski definition) is 2. The van der Waals surface area contributed by atoms with E-state index in [-0.39, 0.29) is 0 Å². The van der Waals surface area contributed by atoms with Gasteiger partial charge in [-0.25, -0.2) is 0 Å². The van der Waals surface area contributed by atoms with Gasteiger partial charge in [-0.05, 0) is 46.6 Å². The summed E-state index contributed by atoms with van der Waals surface area (Å²) < 4.78 is 1.40. The molecule has 18 heavy (non-hydrogen) atoms. The zero-order valence-electron chi connectivity index (χ0n) is 11.2. The Morgan fingerprint density at radius 1 is 1.28 bits per heavy atom. The van der Waals surface area contributed by atoms with Crippen molar-refractivity contribution in [3.05, 3.63) is 35.2 Å². The van der Waals surface area contributed by atoms with Crippen molar-refractivity contribution >= 4 is 21.4 Å². The van der Waals surface area contributed by atoms with E-state index >= 15 is 0 Å². The quantitative estimate of drug-likeness (QED) is 0.837. The fourth-order valence-electron chi connectivity index (χ4n) is 2.73.